The van der Waals surface area contributed by atoms with E-state index < -0.39 is 0 Å². The first kappa shape index (κ1) is 19.4. The lowest BCUT2D eigenvalue weighted by Gasteiger charge is -2.27. The Morgan fingerprint density at radius 2 is 2.19 bits per heavy atom. The van der Waals surface area contributed by atoms with E-state index in [9.17, 15) is 5.11 Å². The number of β-amino-alcohol motifs (C(OH)–C–C–N with tert-alkyl or cyclic N) is 1. The van der Waals surface area contributed by atoms with Crippen LogP contribution in [0.2, 0.25) is 5.02 Å². The van der Waals surface area contributed by atoms with Crippen LogP contribution in [0.1, 0.15) is 17.5 Å². The molecule has 0 saturated carbocycles. The highest BCUT2D eigenvalue weighted by Gasteiger charge is 2.32. The fourth-order valence-corrected chi connectivity index (χ4v) is 3.57. The summed E-state index contributed by atoms with van der Waals surface area (Å²) in [7, 11) is 4.05. The van der Waals surface area contributed by atoms with Crippen LogP contribution in [0.5, 0.6) is 0 Å². The number of aromatic nitrogens is 2. The molecule has 2 heterocycles. The highest BCUT2D eigenvalue weighted by Crippen LogP contribution is 2.26. The highest BCUT2D eigenvalue weighted by atomic mass is 35.5. The van der Waals surface area contributed by atoms with Gasteiger partial charge in [-0.25, -0.2) is 9.97 Å². The fourth-order valence-electron chi connectivity index (χ4n) is 3.32. The van der Waals surface area contributed by atoms with Crippen LogP contribution in [-0.2, 0) is 6.54 Å². The number of halogens is 1. The van der Waals surface area contributed by atoms with Crippen LogP contribution in [-0.4, -0.2) is 59.3 Å². The van der Waals surface area contributed by atoms with E-state index in [4.69, 9.17) is 16.9 Å². The highest BCUT2D eigenvalue weighted by molar-refractivity contribution is 6.31. The molecule has 142 valence electrons. The predicted molar refractivity (Wildman–Crippen MR) is 106 cm³/mol. The molecular weight excluding hydrogens is 364 g/mol. The maximum Gasteiger partial charge on any atom is 0.134 e. The first-order valence-electron chi connectivity index (χ1n) is 8.80. The van der Waals surface area contributed by atoms with Crippen molar-refractivity contribution < 1.29 is 5.11 Å². The second-order valence-corrected chi connectivity index (χ2v) is 7.41. The molecule has 2 aromatic rings. The molecule has 1 fully saturated rings. The molecule has 2 N–H and O–H groups in total. The summed E-state index contributed by atoms with van der Waals surface area (Å²) in [6, 6.07) is 9.52. The summed E-state index contributed by atoms with van der Waals surface area (Å²) in [6.45, 7) is 1.96. The number of likely N-dealkylation sites (N-methyl/N-ethyl adjacent to an activating group) is 1. The quantitative estimate of drug-likeness (QED) is 0.786. The van der Waals surface area contributed by atoms with Gasteiger partial charge in [0.1, 0.15) is 24.0 Å². The van der Waals surface area contributed by atoms with Crippen molar-refractivity contribution in [2.75, 3.05) is 37.4 Å². The van der Waals surface area contributed by atoms with Gasteiger partial charge >= 0.3 is 0 Å². The zero-order valence-electron chi connectivity index (χ0n) is 15.4. The Bertz CT molecular complexity index is 837. The van der Waals surface area contributed by atoms with Crippen LogP contribution in [0.4, 0.5) is 11.6 Å². The normalized spacial score (nSPS) is 19.3. The third-order valence-electron chi connectivity index (χ3n) is 4.54. The Hall–Kier alpha value is -2.40. The van der Waals surface area contributed by atoms with Crippen LogP contribution in [0.3, 0.4) is 0 Å². The summed E-state index contributed by atoms with van der Waals surface area (Å²) in [5, 5.41) is 22.7. The molecule has 27 heavy (non-hydrogen) atoms. The largest absolute Gasteiger partial charge is 0.391 e. The molecule has 1 saturated heterocycles. The third kappa shape index (κ3) is 4.86. The average molecular weight is 387 g/mol. The minimum Gasteiger partial charge on any atom is -0.391 e. The van der Waals surface area contributed by atoms with E-state index in [1.165, 1.54) is 6.33 Å². The minimum atomic E-state index is -0.345. The van der Waals surface area contributed by atoms with Gasteiger partial charge in [-0.2, -0.15) is 5.26 Å². The van der Waals surface area contributed by atoms with Crippen molar-refractivity contribution >= 4 is 23.2 Å². The first-order chi connectivity index (χ1) is 13.0. The van der Waals surface area contributed by atoms with Gasteiger partial charge in [0.05, 0.1) is 16.7 Å². The lowest BCUT2D eigenvalue weighted by atomic mass is 10.1. The van der Waals surface area contributed by atoms with E-state index in [0.29, 0.717) is 29.5 Å². The van der Waals surface area contributed by atoms with Crippen LogP contribution in [0, 0.1) is 11.3 Å². The number of nitrogens with zero attached hydrogens (tertiary/aromatic N) is 5. The zero-order valence-corrected chi connectivity index (χ0v) is 16.2. The second kappa shape index (κ2) is 8.53. The number of aliphatic hydroxyl groups excluding tert-OH is 1. The molecule has 0 amide bonds. The van der Waals surface area contributed by atoms with E-state index in [1.807, 2.05) is 26.2 Å². The molecule has 0 unspecified atom stereocenters. The van der Waals surface area contributed by atoms with Gasteiger partial charge in [0.15, 0.2) is 0 Å². The maximum absolute atomic E-state index is 10.1. The van der Waals surface area contributed by atoms with Crippen molar-refractivity contribution in [3.05, 3.63) is 46.7 Å². The van der Waals surface area contributed by atoms with E-state index in [1.54, 1.807) is 12.1 Å². The number of hydrogen-bond donors (Lipinski definition) is 2. The number of hydrogen-bond acceptors (Lipinski definition) is 7. The van der Waals surface area contributed by atoms with Crippen LogP contribution >= 0.6 is 11.6 Å². The van der Waals surface area contributed by atoms with Gasteiger partial charge in [-0.15, -0.1) is 0 Å². The first-order valence-corrected chi connectivity index (χ1v) is 9.18. The molecule has 0 spiro atoms. The van der Waals surface area contributed by atoms with Gasteiger partial charge in [-0.1, -0.05) is 17.7 Å². The second-order valence-electron chi connectivity index (χ2n) is 7.00. The third-order valence-corrected chi connectivity index (χ3v) is 4.86. The molecule has 1 aliphatic rings. The number of rotatable bonds is 6. The van der Waals surface area contributed by atoms with Gasteiger partial charge < -0.3 is 20.2 Å². The molecule has 8 heteroatoms. The molecule has 0 radical (unpaired) electrons. The summed E-state index contributed by atoms with van der Waals surface area (Å²) in [4.78, 5) is 12.9. The Morgan fingerprint density at radius 1 is 1.37 bits per heavy atom. The van der Waals surface area contributed by atoms with E-state index in [2.05, 4.69) is 31.2 Å². The smallest absolute Gasteiger partial charge is 0.134 e. The molecule has 3 rings (SSSR count). The fraction of sp³-hybridized carbons (Fsp3) is 0.421. The lowest BCUT2D eigenvalue weighted by molar-refractivity contribution is 0.191. The predicted octanol–water partition coefficient (Wildman–Crippen LogP) is 2.11. The van der Waals surface area contributed by atoms with Crippen molar-refractivity contribution in [1.29, 1.82) is 5.26 Å². The van der Waals surface area contributed by atoms with Crippen LogP contribution in [0.15, 0.2) is 30.6 Å². The van der Waals surface area contributed by atoms with Crippen LogP contribution < -0.4 is 10.2 Å². The Morgan fingerprint density at radius 3 is 2.89 bits per heavy atom. The van der Waals surface area contributed by atoms with Crippen LogP contribution in [0.25, 0.3) is 0 Å². The van der Waals surface area contributed by atoms with Crippen molar-refractivity contribution in [3.8, 4) is 6.07 Å². The molecule has 1 aliphatic heterocycles. The SMILES string of the molecule is CN(C)C[C@H]1C[C@@H](O)CN1c1cc(NCc2ccc(C#N)c(Cl)c2)ncn1. The molecule has 0 bridgehead atoms. The van der Waals surface area contributed by atoms with Crippen molar-refractivity contribution in [2.24, 2.45) is 0 Å². The van der Waals surface area contributed by atoms with E-state index in [0.717, 1.165) is 24.3 Å². The molecule has 7 nitrogen and oxygen atoms in total. The number of nitriles is 1. The summed E-state index contributed by atoms with van der Waals surface area (Å²) in [5.41, 5.74) is 1.42. The lowest BCUT2D eigenvalue weighted by Crippen LogP contribution is -2.38. The van der Waals surface area contributed by atoms with Gasteiger partial charge in [0.25, 0.3) is 0 Å². The average Bonchev–Trinajstić information content (AvgIpc) is 3.00. The molecule has 1 aromatic heterocycles. The molecular formula is C19H23ClN6O. The summed E-state index contributed by atoms with van der Waals surface area (Å²) < 4.78 is 0. The monoisotopic (exact) mass is 386 g/mol. The molecule has 1 aromatic carbocycles. The standard InChI is InChI=1S/C19H23ClN6O/c1-25(2)10-15-6-16(27)11-26(15)19-7-18(23-12-24-19)22-9-13-3-4-14(8-21)17(20)5-13/h3-5,7,12,15-16,27H,6,9-11H2,1-2H3,(H,22,23,24)/t15-,16-/m1/s1. The zero-order chi connectivity index (χ0) is 19.4. The van der Waals surface area contributed by atoms with Crippen molar-refractivity contribution in [3.63, 3.8) is 0 Å². The van der Waals surface area contributed by atoms with Crippen molar-refractivity contribution in [2.45, 2.75) is 25.1 Å². The number of nitrogens with one attached hydrogen (secondary N) is 1. The number of benzene rings is 1. The van der Waals surface area contributed by atoms with E-state index in [-0.39, 0.29) is 12.1 Å². The Kier molecular flexibility index (Phi) is 6.11. The maximum atomic E-state index is 10.1. The number of aliphatic hydroxyl groups is 1. The van der Waals surface area contributed by atoms with E-state index >= 15 is 0 Å². The van der Waals surface area contributed by atoms with Gasteiger partial charge in [0.2, 0.25) is 0 Å². The van der Waals surface area contributed by atoms with Gasteiger partial charge in [-0.3, -0.25) is 0 Å². The Labute approximate surface area is 164 Å². The summed E-state index contributed by atoms with van der Waals surface area (Å²) in [6.07, 6.45) is 1.91. The van der Waals surface area contributed by atoms with Gasteiger partial charge in [-0.05, 0) is 38.2 Å². The van der Waals surface area contributed by atoms with Gasteiger partial charge in [0, 0.05) is 31.7 Å². The minimum absolute atomic E-state index is 0.218. The molecule has 2 atom stereocenters. The molecule has 0 aliphatic carbocycles. The Balaban J connectivity index is 1.70. The summed E-state index contributed by atoms with van der Waals surface area (Å²) in [5.74, 6) is 1.50. The topological polar surface area (TPSA) is 88.3 Å². The van der Waals surface area contributed by atoms with Crippen molar-refractivity contribution in [1.82, 2.24) is 14.9 Å². The number of anilines is 2. The summed E-state index contributed by atoms with van der Waals surface area (Å²) >= 11 is 6.08.